The summed E-state index contributed by atoms with van der Waals surface area (Å²) in [6, 6.07) is 0. The fourth-order valence-corrected chi connectivity index (χ4v) is 1.16. The number of rotatable bonds is 6. The Labute approximate surface area is 69.1 Å². The molecule has 0 aliphatic heterocycles. The van der Waals surface area contributed by atoms with Gasteiger partial charge in [0.25, 0.3) is 0 Å². The van der Waals surface area contributed by atoms with E-state index < -0.39 is 0 Å². The minimum Gasteiger partial charge on any atom is -0.293 e. The van der Waals surface area contributed by atoms with Gasteiger partial charge in [-0.15, -0.1) is 0 Å². The van der Waals surface area contributed by atoms with Crippen molar-refractivity contribution >= 4 is 0 Å². The molecule has 0 fully saturated rings. The highest BCUT2D eigenvalue weighted by Gasteiger charge is 2.04. The van der Waals surface area contributed by atoms with Gasteiger partial charge in [0.1, 0.15) is 0 Å². The molecular weight excluding hydrogens is 138 g/mol. The molecule has 0 saturated heterocycles. The van der Waals surface area contributed by atoms with E-state index in [0.717, 1.165) is 12.5 Å². The highest BCUT2D eigenvalue weighted by atomic mass is 15.4. The van der Waals surface area contributed by atoms with E-state index in [-0.39, 0.29) is 0 Å². The summed E-state index contributed by atoms with van der Waals surface area (Å²) in [5.74, 6) is 1.40. The molecule has 0 radical (unpaired) electrons. The zero-order chi connectivity index (χ0) is 8.69. The molecular formula is C8H19N3. The van der Waals surface area contributed by atoms with Gasteiger partial charge in [0.2, 0.25) is 0 Å². The van der Waals surface area contributed by atoms with Gasteiger partial charge in [-0.1, -0.05) is 27.2 Å². The van der Waals surface area contributed by atoms with Crippen LogP contribution in [0.3, 0.4) is 0 Å². The molecule has 2 N–H and O–H groups in total. The van der Waals surface area contributed by atoms with Crippen LogP contribution in [0.15, 0.2) is 0 Å². The lowest BCUT2D eigenvalue weighted by atomic mass is 9.96. The number of hydrazine groups is 1. The van der Waals surface area contributed by atoms with Gasteiger partial charge >= 0.3 is 0 Å². The van der Waals surface area contributed by atoms with Crippen LogP contribution in [0.25, 0.3) is 5.53 Å². The molecule has 66 valence electrons. The Kier molecular flexibility index (Phi) is 5.80. The van der Waals surface area contributed by atoms with E-state index in [9.17, 15) is 0 Å². The molecule has 2 unspecified atom stereocenters. The van der Waals surface area contributed by atoms with Crippen LogP contribution in [0.4, 0.5) is 0 Å². The Hall–Kier alpha value is -0.600. The first kappa shape index (κ1) is 10.4. The molecule has 0 amide bonds. The predicted octanol–water partition coefficient (Wildman–Crippen LogP) is 0.666. The minimum atomic E-state index is 0.615. The highest BCUT2D eigenvalue weighted by molar-refractivity contribution is 4.58. The molecule has 0 aromatic heterocycles. The van der Waals surface area contributed by atoms with E-state index in [1.54, 1.807) is 0 Å². The van der Waals surface area contributed by atoms with Gasteiger partial charge in [-0.05, 0) is 18.3 Å². The molecule has 0 aromatic carbocycles. The van der Waals surface area contributed by atoms with Crippen molar-refractivity contribution in [3.8, 4) is 0 Å². The van der Waals surface area contributed by atoms with Gasteiger partial charge in [-0.25, -0.2) is 0 Å². The monoisotopic (exact) mass is 157 g/mol. The summed E-state index contributed by atoms with van der Waals surface area (Å²) in [6.07, 6.45) is 2.45. The van der Waals surface area contributed by atoms with Gasteiger partial charge in [0, 0.05) is 6.54 Å². The average molecular weight is 157 g/mol. The largest absolute Gasteiger partial charge is 0.293 e. The van der Waals surface area contributed by atoms with Gasteiger partial charge in [0.05, 0.1) is 0 Å². The van der Waals surface area contributed by atoms with Crippen LogP contribution in [0.1, 0.15) is 33.6 Å². The van der Waals surface area contributed by atoms with Crippen LogP contribution >= 0.6 is 0 Å². The molecule has 0 saturated carbocycles. The predicted molar refractivity (Wildman–Crippen MR) is 45.6 cm³/mol. The number of nitrogens with zero attached hydrogens (tertiary/aromatic N) is 1. The summed E-state index contributed by atoms with van der Waals surface area (Å²) in [4.78, 5) is 0. The molecule has 0 bridgehead atoms. The molecule has 3 nitrogen and oxygen atoms in total. The topological polar surface area (TPSA) is 48.3 Å². The molecule has 0 aliphatic carbocycles. The molecule has 0 heterocycles. The summed E-state index contributed by atoms with van der Waals surface area (Å²) in [5.41, 5.74) is 10.9. The van der Waals surface area contributed by atoms with Crippen LogP contribution in [0.2, 0.25) is 0 Å². The molecule has 2 atom stereocenters. The Balaban J connectivity index is 3.34. The van der Waals surface area contributed by atoms with Crippen molar-refractivity contribution in [2.75, 3.05) is 6.54 Å². The van der Waals surface area contributed by atoms with Gasteiger partial charge in [0.15, 0.2) is 0 Å². The van der Waals surface area contributed by atoms with E-state index in [1.165, 1.54) is 12.8 Å². The molecule has 0 aliphatic rings. The molecule has 11 heavy (non-hydrogen) atoms. The molecule has 0 spiro atoms. The SMILES string of the molecule is CCC(C)CC(C)CN[NH+]=[N-]. The first-order chi connectivity index (χ1) is 5.20. The lowest BCUT2D eigenvalue weighted by Crippen LogP contribution is -2.76. The minimum absolute atomic E-state index is 0.615. The first-order valence-electron chi connectivity index (χ1n) is 4.32. The number of nitrogens with one attached hydrogen (secondary N) is 2. The lowest BCUT2D eigenvalue weighted by molar-refractivity contribution is -0.549. The maximum Gasteiger partial charge on any atom is 0.00238 e. The van der Waals surface area contributed by atoms with Crippen LogP contribution in [0, 0.1) is 11.8 Å². The maximum atomic E-state index is 8.25. The summed E-state index contributed by atoms with van der Waals surface area (Å²) in [7, 11) is 0. The maximum absolute atomic E-state index is 8.25. The Morgan fingerprint density at radius 1 is 1.36 bits per heavy atom. The smallest absolute Gasteiger partial charge is 0.00238 e. The van der Waals surface area contributed by atoms with Crippen molar-refractivity contribution in [1.82, 2.24) is 5.43 Å². The summed E-state index contributed by atoms with van der Waals surface area (Å²) in [6.45, 7) is 7.45. The quantitative estimate of drug-likeness (QED) is 0.432. The van der Waals surface area contributed by atoms with Gasteiger partial charge in [-0.2, -0.15) is 10.8 Å². The standard InChI is InChI=1S/C8H19N3/c1-4-7(2)5-8(3)6-10-11-9/h7-8,11H,4-6H2,1-3H3,(H-,9,10). The third-order valence-corrected chi connectivity index (χ3v) is 2.03. The van der Waals surface area contributed by atoms with E-state index >= 15 is 0 Å². The van der Waals surface area contributed by atoms with Crippen molar-refractivity contribution in [1.29, 1.82) is 0 Å². The number of hydrogen-bond acceptors (Lipinski definition) is 0. The molecule has 3 heteroatoms. The van der Waals surface area contributed by atoms with Gasteiger partial charge in [-0.3, -0.25) is 5.43 Å². The zero-order valence-electron chi connectivity index (χ0n) is 7.72. The van der Waals surface area contributed by atoms with E-state index in [4.69, 9.17) is 5.53 Å². The van der Waals surface area contributed by atoms with Crippen molar-refractivity contribution in [2.45, 2.75) is 33.6 Å². The third kappa shape index (κ3) is 5.83. The second kappa shape index (κ2) is 6.13. The molecule has 0 rings (SSSR count). The van der Waals surface area contributed by atoms with Crippen LogP contribution in [-0.4, -0.2) is 6.54 Å². The summed E-state index contributed by atoms with van der Waals surface area (Å²) < 4.78 is 0. The van der Waals surface area contributed by atoms with Crippen molar-refractivity contribution in [3.63, 3.8) is 0 Å². The van der Waals surface area contributed by atoms with Crippen LogP contribution in [-0.2, 0) is 0 Å². The zero-order valence-corrected chi connectivity index (χ0v) is 7.72. The van der Waals surface area contributed by atoms with Crippen molar-refractivity contribution in [3.05, 3.63) is 5.53 Å². The van der Waals surface area contributed by atoms with E-state index in [2.05, 4.69) is 26.2 Å². The van der Waals surface area contributed by atoms with Gasteiger partial charge < -0.3 is 0 Å². The van der Waals surface area contributed by atoms with Crippen molar-refractivity contribution < 1.29 is 5.22 Å². The number of hydrogen-bond donors (Lipinski definition) is 2. The fourth-order valence-electron chi connectivity index (χ4n) is 1.16. The average Bonchev–Trinajstić information content (AvgIpc) is 2.00. The highest BCUT2D eigenvalue weighted by Crippen LogP contribution is 2.13. The first-order valence-corrected chi connectivity index (χ1v) is 4.32. The summed E-state index contributed by atoms with van der Waals surface area (Å²) in [5, 5.41) is 1.94. The van der Waals surface area contributed by atoms with E-state index in [0.29, 0.717) is 5.92 Å². The van der Waals surface area contributed by atoms with Crippen molar-refractivity contribution in [2.24, 2.45) is 11.8 Å². The second-order valence-corrected chi connectivity index (χ2v) is 3.35. The normalized spacial score (nSPS) is 15.5. The Bertz CT molecular complexity index is 104. The fraction of sp³-hybridized carbons (Fsp3) is 1.00. The van der Waals surface area contributed by atoms with E-state index in [1.807, 2.05) is 5.22 Å². The Morgan fingerprint density at radius 3 is 2.45 bits per heavy atom. The molecule has 0 aromatic rings. The Morgan fingerprint density at radius 2 is 2.00 bits per heavy atom. The van der Waals surface area contributed by atoms with Crippen LogP contribution in [0.5, 0.6) is 0 Å². The van der Waals surface area contributed by atoms with Crippen LogP contribution < -0.4 is 10.6 Å². The summed E-state index contributed by atoms with van der Waals surface area (Å²) >= 11 is 0. The lowest BCUT2D eigenvalue weighted by Gasteiger charge is -2.15. The second-order valence-electron chi connectivity index (χ2n) is 3.35. The third-order valence-electron chi connectivity index (χ3n) is 2.03.